The maximum absolute atomic E-state index is 10.3. The molecule has 4 nitrogen and oxygen atoms in total. The molecule has 0 radical (unpaired) electrons. The molecule has 0 aliphatic carbocycles. The van der Waals surface area contributed by atoms with Crippen molar-refractivity contribution in [3.63, 3.8) is 0 Å². The van der Waals surface area contributed by atoms with Gasteiger partial charge in [0, 0.05) is 39.1 Å². The number of hydrogen-bond acceptors (Lipinski definition) is 4. The van der Waals surface area contributed by atoms with Gasteiger partial charge in [0.05, 0.1) is 24.0 Å². The van der Waals surface area contributed by atoms with Crippen LogP contribution in [-0.2, 0) is 6.42 Å². The first-order valence-electron chi connectivity index (χ1n) is 5.42. The van der Waals surface area contributed by atoms with Crippen LogP contribution in [0.25, 0.3) is 5.52 Å². The van der Waals surface area contributed by atoms with Crippen LogP contribution in [0.5, 0.6) is 0 Å². The van der Waals surface area contributed by atoms with Gasteiger partial charge in [-0.3, -0.25) is 4.98 Å². The van der Waals surface area contributed by atoms with E-state index in [0.29, 0.717) is 6.42 Å². The summed E-state index contributed by atoms with van der Waals surface area (Å²) in [6, 6.07) is 2.03. The highest BCUT2D eigenvalue weighted by atomic mass is 79.9. The fourth-order valence-corrected chi connectivity index (χ4v) is 3.36. The average Bonchev–Trinajstić information content (AvgIpc) is 2.95. The van der Waals surface area contributed by atoms with E-state index in [-0.39, 0.29) is 0 Å². The summed E-state index contributed by atoms with van der Waals surface area (Å²) < 4.78 is 2.77. The Morgan fingerprint density at radius 1 is 1.44 bits per heavy atom. The number of aliphatic hydroxyl groups excluding tert-OH is 1. The van der Waals surface area contributed by atoms with Crippen LogP contribution in [0.15, 0.2) is 40.7 Å². The summed E-state index contributed by atoms with van der Waals surface area (Å²) in [5, 5.41) is 16.5. The van der Waals surface area contributed by atoms with Crippen molar-refractivity contribution < 1.29 is 5.11 Å². The standard InChI is InChI=1S/C12H10BrN3OS/c13-8-3-9(18-7-8)4-12(17)10-5-15-16-2-1-14-6-11(10)16/h1-3,5-7,12,17H,4H2. The van der Waals surface area contributed by atoms with E-state index in [1.54, 1.807) is 40.6 Å². The second-order valence-corrected chi connectivity index (χ2v) is 5.87. The maximum atomic E-state index is 10.3. The number of hydrogen-bond donors (Lipinski definition) is 1. The highest BCUT2D eigenvalue weighted by Crippen LogP contribution is 2.27. The van der Waals surface area contributed by atoms with Gasteiger partial charge < -0.3 is 5.11 Å². The van der Waals surface area contributed by atoms with Gasteiger partial charge in [0.15, 0.2) is 0 Å². The van der Waals surface area contributed by atoms with Crippen molar-refractivity contribution in [3.8, 4) is 0 Å². The first-order chi connectivity index (χ1) is 8.74. The lowest BCUT2D eigenvalue weighted by molar-refractivity contribution is 0.181. The van der Waals surface area contributed by atoms with Gasteiger partial charge in [0.2, 0.25) is 0 Å². The zero-order chi connectivity index (χ0) is 12.5. The third kappa shape index (κ3) is 2.19. The van der Waals surface area contributed by atoms with E-state index in [9.17, 15) is 5.11 Å². The molecule has 3 aromatic heterocycles. The van der Waals surface area contributed by atoms with Crippen molar-refractivity contribution in [1.29, 1.82) is 0 Å². The van der Waals surface area contributed by atoms with E-state index in [4.69, 9.17) is 0 Å². The van der Waals surface area contributed by atoms with Crippen LogP contribution in [0.4, 0.5) is 0 Å². The van der Waals surface area contributed by atoms with Crippen molar-refractivity contribution in [1.82, 2.24) is 14.6 Å². The lowest BCUT2D eigenvalue weighted by Gasteiger charge is -2.07. The lowest BCUT2D eigenvalue weighted by Crippen LogP contribution is -2.00. The molecule has 0 aromatic carbocycles. The number of fused-ring (bicyclic) bond motifs is 1. The van der Waals surface area contributed by atoms with Crippen LogP contribution in [0.2, 0.25) is 0 Å². The fraction of sp³-hybridized carbons (Fsp3) is 0.167. The molecule has 3 rings (SSSR count). The van der Waals surface area contributed by atoms with E-state index in [1.165, 1.54) is 0 Å². The molecule has 6 heteroatoms. The number of aromatic nitrogens is 3. The largest absolute Gasteiger partial charge is 0.388 e. The molecule has 1 N–H and O–H groups in total. The summed E-state index contributed by atoms with van der Waals surface area (Å²) in [7, 11) is 0. The predicted molar refractivity (Wildman–Crippen MR) is 73.7 cm³/mol. The minimum absolute atomic E-state index is 0.558. The molecule has 18 heavy (non-hydrogen) atoms. The third-order valence-corrected chi connectivity index (χ3v) is 4.45. The lowest BCUT2D eigenvalue weighted by atomic mass is 10.1. The number of thiophene rings is 1. The molecule has 3 heterocycles. The Balaban J connectivity index is 1.90. The number of nitrogens with zero attached hydrogens (tertiary/aromatic N) is 3. The Morgan fingerprint density at radius 2 is 2.33 bits per heavy atom. The Morgan fingerprint density at radius 3 is 3.11 bits per heavy atom. The van der Waals surface area contributed by atoms with E-state index < -0.39 is 6.10 Å². The SMILES string of the molecule is OC(Cc1cc(Br)cs1)c1cnn2ccncc12. The van der Waals surface area contributed by atoms with Crippen molar-refractivity contribution in [2.75, 3.05) is 0 Å². The molecule has 0 aliphatic heterocycles. The number of aliphatic hydroxyl groups is 1. The monoisotopic (exact) mass is 323 g/mol. The predicted octanol–water partition coefficient (Wildman–Crippen LogP) is 2.83. The average molecular weight is 324 g/mol. The summed E-state index contributed by atoms with van der Waals surface area (Å²) in [5.74, 6) is 0. The normalized spacial score (nSPS) is 13.0. The second-order valence-electron chi connectivity index (χ2n) is 3.96. The molecule has 0 amide bonds. The van der Waals surface area contributed by atoms with Gasteiger partial charge in [-0.1, -0.05) is 0 Å². The van der Waals surface area contributed by atoms with Gasteiger partial charge in [-0.15, -0.1) is 11.3 Å². The van der Waals surface area contributed by atoms with Crippen molar-refractivity contribution >= 4 is 32.8 Å². The molecule has 0 bridgehead atoms. The molecular weight excluding hydrogens is 314 g/mol. The Hall–Kier alpha value is -1.24. The minimum atomic E-state index is -0.558. The van der Waals surface area contributed by atoms with E-state index in [2.05, 4.69) is 26.0 Å². The molecule has 3 aromatic rings. The van der Waals surface area contributed by atoms with Crippen LogP contribution in [0.1, 0.15) is 16.5 Å². The second kappa shape index (κ2) is 4.79. The molecule has 0 spiro atoms. The smallest absolute Gasteiger partial charge is 0.0903 e. The van der Waals surface area contributed by atoms with Gasteiger partial charge in [-0.05, 0) is 22.0 Å². The Kier molecular flexibility index (Phi) is 3.15. The molecule has 1 unspecified atom stereocenters. The molecule has 92 valence electrons. The topological polar surface area (TPSA) is 50.4 Å². The minimum Gasteiger partial charge on any atom is -0.388 e. The van der Waals surface area contributed by atoms with Crippen LogP contribution in [0.3, 0.4) is 0 Å². The molecule has 1 atom stereocenters. The van der Waals surface area contributed by atoms with Crippen LogP contribution < -0.4 is 0 Å². The summed E-state index contributed by atoms with van der Waals surface area (Å²) in [6.07, 6.45) is 6.89. The highest BCUT2D eigenvalue weighted by molar-refractivity contribution is 9.10. The summed E-state index contributed by atoms with van der Waals surface area (Å²) in [5.41, 5.74) is 1.66. The van der Waals surface area contributed by atoms with Gasteiger partial charge in [-0.2, -0.15) is 5.10 Å². The Bertz CT molecular complexity index is 679. The fourth-order valence-electron chi connectivity index (χ4n) is 1.87. The zero-order valence-electron chi connectivity index (χ0n) is 9.32. The van der Waals surface area contributed by atoms with E-state index >= 15 is 0 Å². The summed E-state index contributed by atoms with van der Waals surface area (Å²) in [6.45, 7) is 0. The Labute approximate surface area is 116 Å². The molecule has 0 fully saturated rings. The van der Waals surface area contributed by atoms with E-state index in [1.807, 2.05) is 11.4 Å². The van der Waals surface area contributed by atoms with Gasteiger partial charge in [-0.25, -0.2) is 4.52 Å². The van der Waals surface area contributed by atoms with Crippen LogP contribution in [-0.4, -0.2) is 19.7 Å². The van der Waals surface area contributed by atoms with Crippen molar-refractivity contribution in [2.45, 2.75) is 12.5 Å². The first-order valence-corrected chi connectivity index (χ1v) is 7.09. The van der Waals surface area contributed by atoms with Gasteiger partial charge in [0.25, 0.3) is 0 Å². The molecule has 0 saturated carbocycles. The number of rotatable bonds is 3. The molecule has 0 saturated heterocycles. The summed E-state index contributed by atoms with van der Waals surface area (Å²) >= 11 is 5.04. The highest BCUT2D eigenvalue weighted by Gasteiger charge is 2.15. The molecular formula is C12H10BrN3OS. The quantitative estimate of drug-likeness (QED) is 0.806. The van der Waals surface area contributed by atoms with Crippen LogP contribution >= 0.6 is 27.3 Å². The molecule has 0 aliphatic rings. The first kappa shape index (κ1) is 11.8. The van der Waals surface area contributed by atoms with Crippen LogP contribution in [0, 0.1) is 0 Å². The third-order valence-electron chi connectivity index (χ3n) is 2.73. The summed E-state index contributed by atoms with van der Waals surface area (Å²) in [4.78, 5) is 5.20. The van der Waals surface area contributed by atoms with E-state index in [0.717, 1.165) is 20.4 Å². The van der Waals surface area contributed by atoms with Gasteiger partial charge in [0.1, 0.15) is 0 Å². The zero-order valence-corrected chi connectivity index (χ0v) is 11.7. The maximum Gasteiger partial charge on any atom is 0.0903 e. The van der Waals surface area contributed by atoms with Gasteiger partial charge >= 0.3 is 0 Å². The van der Waals surface area contributed by atoms with Crippen molar-refractivity contribution in [2.24, 2.45) is 0 Å². The number of halogens is 1. The van der Waals surface area contributed by atoms with Crippen molar-refractivity contribution in [3.05, 3.63) is 51.1 Å².